The minimum atomic E-state index is -1.73. The van der Waals surface area contributed by atoms with E-state index in [4.69, 9.17) is 9.42 Å². The Bertz CT molecular complexity index is 530. The quantitative estimate of drug-likeness (QED) is 0.741. The van der Waals surface area contributed by atoms with Crippen molar-refractivity contribution in [1.82, 2.24) is 5.32 Å². The molecule has 3 aliphatic rings. The summed E-state index contributed by atoms with van der Waals surface area (Å²) in [4.78, 5) is 17.1. The lowest BCUT2D eigenvalue weighted by molar-refractivity contribution is -0.119. The summed E-state index contributed by atoms with van der Waals surface area (Å²) in [6, 6.07) is 0.453. The normalized spacial score (nSPS) is 35.0. The molecule has 2 saturated carbocycles. The van der Waals surface area contributed by atoms with Gasteiger partial charge in [0.1, 0.15) is 0 Å². The lowest BCUT2D eigenvalue weighted by Gasteiger charge is -2.36. The molecular weight excluding hydrogens is 336 g/mol. The fourth-order valence-electron chi connectivity index (χ4n) is 3.81. The van der Waals surface area contributed by atoms with E-state index in [1.165, 1.54) is 25.7 Å². The van der Waals surface area contributed by atoms with Crippen LogP contribution in [-0.4, -0.2) is 37.3 Å². The molecule has 3 rings (SSSR count). The number of nitrogens with one attached hydrogen (secondary N) is 1. The summed E-state index contributed by atoms with van der Waals surface area (Å²) in [6.07, 6.45) is 6.07. The predicted molar refractivity (Wildman–Crippen MR) is 104 cm³/mol. The highest BCUT2D eigenvalue weighted by Crippen LogP contribution is 2.46. The maximum absolute atomic E-state index is 12.2. The average molecular weight is 369 g/mol. The minimum Gasteiger partial charge on any atom is -0.417 e. The topological polar surface area (TPSA) is 50.7 Å². The number of hydrogen-bond donors (Lipinski definition) is 1. The van der Waals surface area contributed by atoms with Crippen LogP contribution in [0.2, 0.25) is 18.1 Å². The lowest BCUT2D eigenvalue weighted by atomic mass is 9.96. The number of amidine groups is 1. The number of nitrogens with zero attached hydrogens (tertiary/aromatic N) is 1. The van der Waals surface area contributed by atoms with Crippen molar-refractivity contribution in [3.05, 3.63) is 0 Å². The minimum absolute atomic E-state index is 0.0351. The fraction of sp³-hybridized carbons (Fsp3) is 0.889. The van der Waals surface area contributed by atoms with Gasteiger partial charge in [-0.05, 0) is 55.7 Å². The van der Waals surface area contributed by atoms with Gasteiger partial charge in [-0.1, -0.05) is 39.0 Å². The molecule has 0 aromatic rings. The van der Waals surface area contributed by atoms with Gasteiger partial charge in [0.05, 0.1) is 11.3 Å². The molecule has 6 heteroatoms. The van der Waals surface area contributed by atoms with Gasteiger partial charge in [0.25, 0.3) is 0 Å². The smallest absolute Gasteiger partial charge is 0.239 e. The van der Waals surface area contributed by atoms with E-state index in [0.717, 1.165) is 23.4 Å². The Morgan fingerprint density at radius 1 is 1.29 bits per heavy atom. The molecule has 2 bridgehead atoms. The van der Waals surface area contributed by atoms with Crippen molar-refractivity contribution < 1.29 is 9.22 Å². The van der Waals surface area contributed by atoms with Gasteiger partial charge >= 0.3 is 0 Å². The van der Waals surface area contributed by atoms with Crippen LogP contribution in [0.4, 0.5) is 0 Å². The van der Waals surface area contributed by atoms with Gasteiger partial charge in [-0.25, -0.2) is 0 Å². The zero-order valence-corrected chi connectivity index (χ0v) is 17.5. The highest BCUT2D eigenvalue weighted by Gasteiger charge is 2.41. The first kappa shape index (κ1) is 18.5. The standard InChI is InChI=1S/C18H32N2O2SSi/c1-18(2,3)24(4,5)22-9-8-15-16(21)20-17(23-15)19-14-11-12-6-7-13(14)10-12/h12-15H,6-11H2,1-5H3,(H,19,20,21). The Morgan fingerprint density at radius 2 is 2.04 bits per heavy atom. The average Bonchev–Trinajstić information content (AvgIpc) is 3.14. The van der Waals surface area contributed by atoms with Crippen LogP contribution < -0.4 is 5.32 Å². The fourth-order valence-corrected chi connectivity index (χ4v) is 5.88. The Balaban J connectivity index is 1.49. The SMILES string of the molecule is CC(C)(C)[Si](C)(C)OCCC1SC(=NC2CC3CCC2C3)NC1=O. The van der Waals surface area contributed by atoms with Crippen molar-refractivity contribution in [2.24, 2.45) is 16.8 Å². The summed E-state index contributed by atoms with van der Waals surface area (Å²) in [6.45, 7) is 11.9. The molecule has 2 aliphatic carbocycles. The molecule has 4 nitrogen and oxygen atoms in total. The third kappa shape index (κ3) is 3.91. The molecule has 1 N–H and O–H groups in total. The van der Waals surface area contributed by atoms with Crippen molar-refractivity contribution >= 4 is 31.2 Å². The zero-order chi connectivity index (χ0) is 17.5. The van der Waals surface area contributed by atoms with Crippen LogP contribution >= 0.6 is 11.8 Å². The maximum Gasteiger partial charge on any atom is 0.239 e. The molecule has 4 atom stereocenters. The number of carbonyl (C=O) groups excluding carboxylic acids is 1. The van der Waals surface area contributed by atoms with E-state index >= 15 is 0 Å². The Hall–Kier alpha value is -0.333. The highest BCUT2D eigenvalue weighted by atomic mass is 32.2. The van der Waals surface area contributed by atoms with Crippen LogP contribution in [0.1, 0.15) is 52.9 Å². The van der Waals surface area contributed by atoms with E-state index in [9.17, 15) is 4.79 Å². The molecule has 3 fully saturated rings. The van der Waals surface area contributed by atoms with Crippen LogP contribution in [0.5, 0.6) is 0 Å². The number of carbonyl (C=O) groups is 1. The summed E-state index contributed by atoms with van der Waals surface area (Å²) in [5.41, 5.74) is 0. The summed E-state index contributed by atoms with van der Waals surface area (Å²) >= 11 is 1.62. The zero-order valence-electron chi connectivity index (χ0n) is 15.7. The van der Waals surface area contributed by atoms with Crippen molar-refractivity contribution in [3.8, 4) is 0 Å². The Kier molecular flexibility index (Phi) is 5.20. The number of hydrogen-bond acceptors (Lipinski definition) is 4. The Labute approximate surface area is 151 Å². The van der Waals surface area contributed by atoms with Crippen molar-refractivity contribution in [2.45, 2.75) is 82.3 Å². The molecule has 1 heterocycles. The number of thioether (sulfide) groups is 1. The predicted octanol–water partition coefficient (Wildman–Crippen LogP) is 4.17. The van der Waals surface area contributed by atoms with E-state index in [2.05, 4.69) is 39.2 Å². The molecular formula is C18H32N2O2SSi. The summed E-state index contributed by atoms with van der Waals surface area (Å²) in [5, 5.41) is 4.03. The monoisotopic (exact) mass is 368 g/mol. The second-order valence-corrected chi connectivity index (χ2v) is 15.2. The van der Waals surface area contributed by atoms with Crippen LogP contribution in [-0.2, 0) is 9.22 Å². The lowest BCUT2D eigenvalue weighted by Crippen LogP contribution is -2.41. The van der Waals surface area contributed by atoms with Crippen LogP contribution in [0.15, 0.2) is 4.99 Å². The van der Waals surface area contributed by atoms with E-state index in [1.54, 1.807) is 11.8 Å². The summed E-state index contributed by atoms with van der Waals surface area (Å²) in [5.74, 6) is 1.77. The second kappa shape index (κ2) is 6.76. The number of fused-ring (bicyclic) bond motifs is 2. The van der Waals surface area contributed by atoms with Gasteiger partial charge in [-0.2, -0.15) is 0 Å². The molecule has 1 amide bonds. The Morgan fingerprint density at radius 3 is 2.62 bits per heavy atom. The van der Waals surface area contributed by atoms with Gasteiger partial charge in [0, 0.05) is 6.61 Å². The first-order chi connectivity index (χ1) is 11.2. The molecule has 0 aromatic carbocycles. The van der Waals surface area contributed by atoms with Gasteiger partial charge in [0.15, 0.2) is 13.5 Å². The highest BCUT2D eigenvalue weighted by molar-refractivity contribution is 8.15. The first-order valence-corrected chi connectivity index (χ1v) is 13.1. The van der Waals surface area contributed by atoms with E-state index in [0.29, 0.717) is 12.6 Å². The van der Waals surface area contributed by atoms with Crippen LogP contribution in [0.25, 0.3) is 0 Å². The molecule has 0 aromatic heterocycles. The third-order valence-corrected chi connectivity index (χ3v) is 12.1. The molecule has 136 valence electrons. The number of aliphatic imine (C=N–C) groups is 1. The number of rotatable bonds is 5. The van der Waals surface area contributed by atoms with Crippen LogP contribution in [0, 0.1) is 11.8 Å². The third-order valence-electron chi connectivity index (χ3n) is 6.41. The second-order valence-electron chi connectivity index (χ2n) is 9.17. The maximum atomic E-state index is 12.2. The summed E-state index contributed by atoms with van der Waals surface area (Å²) in [7, 11) is -1.73. The van der Waals surface area contributed by atoms with E-state index in [-0.39, 0.29) is 16.2 Å². The van der Waals surface area contributed by atoms with E-state index in [1.807, 2.05) is 0 Å². The van der Waals surface area contributed by atoms with E-state index < -0.39 is 8.32 Å². The number of amides is 1. The summed E-state index contributed by atoms with van der Waals surface area (Å²) < 4.78 is 6.22. The largest absolute Gasteiger partial charge is 0.417 e. The van der Waals surface area contributed by atoms with Gasteiger partial charge < -0.3 is 9.74 Å². The molecule has 24 heavy (non-hydrogen) atoms. The van der Waals surface area contributed by atoms with Crippen molar-refractivity contribution in [2.75, 3.05) is 6.61 Å². The van der Waals surface area contributed by atoms with Crippen molar-refractivity contribution in [1.29, 1.82) is 0 Å². The van der Waals surface area contributed by atoms with Gasteiger partial charge in [-0.3, -0.25) is 9.79 Å². The van der Waals surface area contributed by atoms with Crippen LogP contribution in [0.3, 0.4) is 0 Å². The van der Waals surface area contributed by atoms with Gasteiger partial charge in [0.2, 0.25) is 5.91 Å². The molecule has 1 saturated heterocycles. The van der Waals surface area contributed by atoms with Gasteiger partial charge in [-0.15, -0.1) is 0 Å². The first-order valence-electron chi connectivity index (χ1n) is 9.35. The molecule has 0 radical (unpaired) electrons. The molecule has 1 aliphatic heterocycles. The van der Waals surface area contributed by atoms with Crippen molar-refractivity contribution in [3.63, 3.8) is 0 Å². The molecule has 0 spiro atoms. The molecule has 4 unspecified atom stereocenters.